The van der Waals surface area contributed by atoms with Gasteiger partial charge in [-0.2, -0.15) is 5.10 Å². The molecule has 1 unspecified atom stereocenters. The molecule has 154 valence electrons. The van der Waals surface area contributed by atoms with Crippen LogP contribution in [0, 0.1) is 0 Å². The van der Waals surface area contributed by atoms with E-state index in [1.807, 2.05) is 76.3 Å². The Morgan fingerprint density at radius 2 is 1.52 bits per heavy atom. The summed E-state index contributed by atoms with van der Waals surface area (Å²) in [7, 11) is 0. The molecule has 5 heteroatoms. The minimum absolute atomic E-state index is 0.0381. The molecule has 1 saturated heterocycles. The summed E-state index contributed by atoms with van der Waals surface area (Å²) in [4.78, 5) is 14.8. The summed E-state index contributed by atoms with van der Waals surface area (Å²) in [6, 6.07) is 30.7. The number of rotatable bonds is 6. The van der Waals surface area contributed by atoms with Crippen molar-refractivity contribution in [2.24, 2.45) is 0 Å². The van der Waals surface area contributed by atoms with Crippen LogP contribution in [0.1, 0.15) is 16.5 Å². The van der Waals surface area contributed by atoms with Crippen LogP contribution in [0.5, 0.6) is 0 Å². The molecule has 0 radical (unpaired) electrons. The summed E-state index contributed by atoms with van der Waals surface area (Å²) in [5.41, 5.74) is 5.33. The van der Waals surface area contributed by atoms with Crippen LogP contribution in [-0.4, -0.2) is 32.9 Å². The Labute approximate surface area is 186 Å². The number of aromatic nitrogens is 2. The molecular weight excluding hydrogens is 402 g/mol. The molecular formula is C26H23N3OS. The number of amides is 1. The van der Waals surface area contributed by atoms with Crippen molar-refractivity contribution in [3.63, 3.8) is 0 Å². The largest absolute Gasteiger partial charge is 0.325 e. The number of carbonyl (C=O) groups is 1. The molecule has 5 rings (SSSR count). The lowest BCUT2D eigenvalue weighted by Crippen LogP contribution is -2.30. The highest BCUT2D eigenvalue weighted by Crippen LogP contribution is 2.42. The zero-order valence-electron chi connectivity index (χ0n) is 17.1. The second-order valence-corrected chi connectivity index (χ2v) is 8.63. The molecule has 0 aliphatic carbocycles. The predicted octanol–water partition coefficient (Wildman–Crippen LogP) is 5.36. The highest BCUT2D eigenvalue weighted by Gasteiger charge is 2.35. The molecule has 0 saturated carbocycles. The van der Waals surface area contributed by atoms with E-state index < -0.39 is 0 Å². The predicted molar refractivity (Wildman–Crippen MR) is 126 cm³/mol. The van der Waals surface area contributed by atoms with Gasteiger partial charge in [0.2, 0.25) is 5.91 Å². The highest BCUT2D eigenvalue weighted by molar-refractivity contribution is 8.00. The van der Waals surface area contributed by atoms with Gasteiger partial charge in [-0.1, -0.05) is 78.9 Å². The van der Waals surface area contributed by atoms with Crippen molar-refractivity contribution < 1.29 is 4.79 Å². The lowest BCUT2D eigenvalue weighted by atomic mass is 10.1. The smallest absolute Gasteiger partial charge is 0.233 e. The van der Waals surface area contributed by atoms with E-state index in [1.165, 1.54) is 5.56 Å². The molecule has 4 aromatic rings. The quantitative estimate of drug-likeness (QED) is 0.418. The van der Waals surface area contributed by atoms with Gasteiger partial charge in [0, 0.05) is 23.9 Å². The van der Waals surface area contributed by atoms with Crippen LogP contribution in [0.25, 0.3) is 16.9 Å². The van der Waals surface area contributed by atoms with E-state index in [0.717, 1.165) is 28.9 Å². The zero-order valence-corrected chi connectivity index (χ0v) is 17.9. The van der Waals surface area contributed by atoms with Crippen molar-refractivity contribution in [3.05, 3.63) is 108 Å². The lowest BCUT2D eigenvalue weighted by molar-refractivity contribution is -0.128. The van der Waals surface area contributed by atoms with Gasteiger partial charge in [-0.25, -0.2) is 4.68 Å². The van der Waals surface area contributed by atoms with Crippen LogP contribution in [0.4, 0.5) is 0 Å². The Kier molecular flexibility index (Phi) is 5.59. The third-order valence-corrected chi connectivity index (χ3v) is 6.77. The Morgan fingerprint density at radius 3 is 2.23 bits per heavy atom. The highest BCUT2D eigenvalue weighted by atomic mass is 32.2. The maximum absolute atomic E-state index is 12.8. The van der Waals surface area contributed by atoms with Gasteiger partial charge >= 0.3 is 0 Å². The van der Waals surface area contributed by atoms with Gasteiger partial charge in [-0.3, -0.25) is 4.79 Å². The maximum atomic E-state index is 12.8. The molecule has 0 bridgehead atoms. The van der Waals surface area contributed by atoms with Crippen LogP contribution in [0.3, 0.4) is 0 Å². The first kappa shape index (κ1) is 19.6. The third kappa shape index (κ3) is 4.14. The van der Waals surface area contributed by atoms with E-state index in [9.17, 15) is 4.79 Å². The number of para-hydroxylation sites is 1. The van der Waals surface area contributed by atoms with Gasteiger partial charge in [-0.05, 0) is 24.1 Å². The maximum Gasteiger partial charge on any atom is 0.233 e. The van der Waals surface area contributed by atoms with Gasteiger partial charge in [0.15, 0.2) is 0 Å². The van der Waals surface area contributed by atoms with Crippen molar-refractivity contribution in [2.45, 2.75) is 11.8 Å². The SMILES string of the molecule is O=C1CSC(c2cn(-c3ccccc3)nc2-c2ccccc2)N1CCc1ccccc1. The molecule has 0 N–H and O–H groups in total. The number of carbonyl (C=O) groups excluding carboxylic acids is 1. The lowest BCUT2D eigenvalue weighted by Gasteiger charge is -2.24. The third-order valence-electron chi connectivity index (χ3n) is 5.53. The van der Waals surface area contributed by atoms with E-state index in [0.29, 0.717) is 12.3 Å². The number of hydrogen-bond acceptors (Lipinski definition) is 3. The first-order valence-corrected chi connectivity index (χ1v) is 11.5. The van der Waals surface area contributed by atoms with E-state index in [4.69, 9.17) is 5.10 Å². The van der Waals surface area contributed by atoms with Crippen molar-refractivity contribution in [2.75, 3.05) is 12.3 Å². The Balaban J connectivity index is 1.51. The van der Waals surface area contributed by atoms with Gasteiger partial charge in [-0.15, -0.1) is 11.8 Å². The number of nitrogens with zero attached hydrogens (tertiary/aromatic N) is 3. The fraction of sp³-hybridized carbons (Fsp3) is 0.154. The Bertz CT molecular complexity index is 1160. The Morgan fingerprint density at radius 1 is 0.871 bits per heavy atom. The molecule has 2 heterocycles. The fourth-order valence-corrected chi connectivity index (χ4v) is 5.17. The molecule has 1 amide bonds. The molecule has 31 heavy (non-hydrogen) atoms. The van der Waals surface area contributed by atoms with Gasteiger partial charge < -0.3 is 4.90 Å². The number of benzene rings is 3. The second kappa shape index (κ2) is 8.82. The summed E-state index contributed by atoms with van der Waals surface area (Å²) < 4.78 is 1.93. The van der Waals surface area contributed by atoms with Crippen LogP contribution in [0.2, 0.25) is 0 Å². The van der Waals surface area contributed by atoms with Crippen LogP contribution >= 0.6 is 11.8 Å². The van der Waals surface area contributed by atoms with Crippen LogP contribution in [0.15, 0.2) is 97.2 Å². The van der Waals surface area contributed by atoms with Crippen molar-refractivity contribution in [1.29, 1.82) is 0 Å². The Hall–Kier alpha value is -3.31. The summed E-state index contributed by atoms with van der Waals surface area (Å²) >= 11 is 1.69. The molecule has 1 fully saturated rings. The first-order valence-electron chi connectivity index (χ1n) is 10.4. The van der Waals surface area contributed by atoms with E-state index in [2.05, 4.69) is 30.5 Å². The number of thioether (sulfide) groups is 1. The monoisotopic (exact) mass is 425 g/mol. The molecule has 1 aliphatic rings. The van der Waals surface area contributed by atoms with Gasteiger partial charge in [0.1, 0.15) is 5.37 Å². The van der Waals surface area contributed by atoms with Crippen molar-refractivity contribution >= 4 is 17.7 Å². The van der Waals surface area contributed by atoms with Crippen molar-refractivity contribution in [3.8, 4) is 16.9 Å². The topological polar surface area (TPSA) is 38.1 Å². The molecule has 0 spiro atoms. The number of hydrogen-bond donors (Lipinski definition) is 0. The summed E-state index contributed by atoms with van der Waals surface area (Å²) in [6.07, 6.45) is 2.93. The minimum atomic E-state index is -0.0381. The molecule has 3 aromatic carbocycles. The van der Waals surface area contributed by atoms with Crippen LogP contribution < -0.4 is 0 Å². The van der Waals surface area contributed by atoms with Gasteiger partial charge in [0.25, 0.3) is 0 Å². The summed E-state index contributed by atoms with van der Waals surface area (Å²) in [5, 5.41) is 4.90. The van der Waals surface area contributed by atoms with Gasteiger partial charge in [0.05, 0.1) is 17.1 Å². The second-order valence-electron chi connectivity index (χ2n) is 7.57. The van der Waals surface area contributed by atoms with E-state index in [1.54, 1.807) is 11.8 Å². The molecule has 1 atom stereocenters. The average Bonchev–Trinajstić information content (AvgIpc) is 3.43. The minimum Gasteiger partial charge on any atom is -0.325 e. The van der Waals surface area contributed by atoms with Crippen molar-refractivity contribution in [1.82, 2.24) is 14.7 Å². The fourth-order valence-electron chi connectivity index (χ4n) is 3.95. The zero-order chi connectivity index (χ0) is 21.0. The molecule has 1 aliphatic heterocycles. The molecule has 4 nitrogen and oxygen atoms in total. The standard InChI is InChI=1S/C26H23N3OS/c30-24-19-31-26(28(24)17-16-20-10-4-1-5-11-20)23-18-29(22-14-8-3-9-15-22)27-25(23)21-12-6-2-7-13-21/h1-15,18,26H,16-17,19H2. The molecule has 1 aromatic heterocycles. The van der Waals surface area contributed by atoms with E-state index in [-0.39, 0.29) is 11.3 Å². The van der Waals surface area contributed by atoms with Crippen LogP contribution in [-0.2, 0) is 11.2 Å². The average molecular weight is 426 g/mol. The van der Waals surface area contributed by atoms with E-state index >= 15 is 0 Å². The first-order chi connectivity index (χ1) is 15.3. The summed E-state index contributed by atoms with van der Waals surface area (Å²) in [5.74, 6) is 0.696. The normalized spacial score (nSPS) is 16.1. The summed E-state index contributed by atoms with van der Waals surface area (Å²) in [6.45, 7) is 0.700.